The van der Waals surface area contributed by atoms with Gasteiger partial charge in [-0.05, 0) is 20.3 Å². The van der Waals surface area contributed by atoms with E-state index >= 15 is 0 Å². The molecule has 0 aliphatic heterocycles. The van der Waals surface area contributed by atoms with E-state index in [0.717, 1.165) is 4.31 Å². The molecule has 0 aliphatic carbocycles. The van der Waals surface area contributed by atoms with Crippen LogP contribution in [0.5, 0.6) is 0 Å². The fourth-order valence-corrected chi connectivity index (χ4v) is 2.60. The molecule has 0 radical (unpaired) electrons. The Kier molecular flexibility index (Phi) is 4.85. The maximum absolute atomic E-state index is 11.6. The number of sulfonamides is 1. The van der Waals surface area contributed by atoms with Crippen LogP contribution >= 0.6 is 11.6 Å². The van der Waals surface area contributed by atoms with E-state index in [1.807, 2.05) is 6.07 Å². The summed E-state index contributed by atoms with van der Waals surface area (Å²) in [7, 11) is -1.96. The summed E-state index contributed by atoms with van der Waals surface area (Å²) in [5.74, 6) is 0.290. The molecule has 0 fully saturated rings. The average molecular weight is 239 g/mol. The predicted molar refractivity (Wildman–Crippen MR) is 56.6 cm³/mol. The van der Waals surface area contributed by atoms with Gasteiger partial charge in [-0.2, -0.15) is 9.57 Å². The van der Waals surface area contributed by atoms with Gasteiger partial charge in [-0.3, -0.25) is 0 Å². The van der Waals surface area contributed by atoms with Crippen LogP contribution in [-0.4, -0.2) is 36.9 Å². The summed E-state index contributed by atoms with van der Waals surface area (Å²) in [5, 5.41) is 8.77. The second-order valence-corrected chi connectivity index (χ2v) is 5.99. The van der Waals surface area contributed by atoms with E-state index < -0.39 is 15.6 Å². The lowest BCUT2D eigenvalue weighted by Gasteiger charge is -2.27. The molecule has 0 amide bonds. The minimum atomic E-state index is -3.37. The summed E-state index contributed by atoms with van der Waals surface area (Å²) in [5.41, 5.74) is -1.01. The van der Waals surface area contributed by atoms with E-state index in [0.29, 0.717) is 12.3 Å². The van der Waals surface area contributed by atoms with Crippen molar-refractivity contribution in [2.75, 3.05) is 18.7 Å². The Morgan fingerprint density at radius 1 is 1.50 bits per heavy atom. The first-order valence-corrected chi connectivity index (χ1v) is 6.36. The number of hydrogen-bond donors (Lipinski definition) is 0. The van der Waals surface area contributed by atoms with Gasteiger partial charge < -0.3 is 0 Å². The zero-order chi connectivity index (χ0) is 11.4. The first-order valence-electron chi connectivity index (χ1n) is 4.22. The highest BCUT2D eigenvalue weighted by molar-refractivity contribution is 7.89. The van der Waals surface area contributed by atoms with Crippen LogP contribution in [0.1, 0.15) is 20.3 Å². The van der Waals surface area contributed by atoms with Crippen molar-refractivity contribution in [3.8, 4) is 6.07 Å². The van der Waals surface area contributed by atoms with Crippen molar-refractivity contribution in [1.82, 2.24) is 4.31 Å². The molecule has 4 nitrogen and oxygen atoms in total. The predicted octanol–water partition coefficient (Wildman–Crippen LogP) is 1.18. The summed E-state index contributed by atoms with van der Waals surface area (Å²) in [6.45, 7) is 3.12. The monoisotopic (exact) mass is 238 g/mol. The maximum atomic E-state index is 11.6. The molecule has 0 aromatic carbocycles. The highest BCUT2D eigenvalue weighted by atomic mass is 35.5. The van der Waals surface area contributed by atoms with Crippen LogP contribution < -0.4 is 0 Å². The van der Waals surface area contributed by atoms with Crippen molar-refractivity contribution in [2.45, 2.75) is 25.8 Å². The quantitative estimate of drug-likeness (QED) is 0.676. The SMILES string of the molecule is CN(C(C)(C)C#N)S(=O)(=O)CCCCl. The average Bonchev–Trinajstić information content (AvgIpc) is 2.13. The van der Waals surface area contributed by atoms with Crippen molar-refractivity contribution in [3.63, 3.8) is 0 Å². The molecule has 0 heterocycles. The maximum Gasteiger partial charge on any atom is 0.215 e. The van der Waals surface area contributed by atoms with Crippen LogP contribution in [0.2, 0.25) is 0 Å². The van der Waals surface area contributed by atoms with Gasteiger partial charge in [-0.15, -0.1) is 11.6 Å². The Hall–Kier alpha value is -0.310. The van der Waals surface area contributed by atoms with Crippen molar-refractivity contribution in [3.05, 3.63) is 0 Å². The topological polar surface area (TPSA) is 61.2 Å². The molecule has 14 heavy (non-hydrogen) atoms. The second kappa shape index (κ2) is 4.96. The van der Waals surface area contributed by atoms with E-state index in [2.05, 4.69) is 0 Å². The van der Waals surface area contributed by atoms with Gasteiger partial charge in [0.1, 0.15) is 5.54 Å². The first-order chi connectivity index (χ1) is 6.28. The van der Waals surface area contributed by atoms with Crippen molar-refractivity contribution in [2.24, 2.45) is 0 Å². The third-order valence-corrected chi connectivity index (χ3v) is 4.38. The van der Waals surface area contributed by atoms with Gasteiger partial charge in [0.05, 0.1) is 11.8 Å². The van der Waals surface area contributed by atoms with Gasteiger partial charge in [0.25, 0.3) is 0 Å². The molecule has 0 aliphatic rings. The van der Waals surface area contributed by atoms with Crippen LogP contribution in [-0.2, 0) is 10.0 Å². The molecule has 0 saturated heterocycles. The molecular weight excluding hydrogens is 224 g/mol. The summed E-state index contributed by atoms with van der Waals surface area (Å²) in [6, 6.07) is 1.94. The Morgan fingerprint density at radius 2 is 2.00 bits per heavy atom. The Morgan fingerprint density at radius 3 is 2.36 bits per heavy atom. The van der Waals surface area contributed by atoms with Crippen LogP contribution in [0.25, 0.3) is 0 Å². The minimum absolute atomic E-state index is 0.0158. The van der Waals surface area contributed by atoms with Gasteiger partial charge in [-0.1, -0.05) is 0 Å². The lowest BCUT2D eigenvalue weighted by molar-refractivity contribution is 0.337. The highest BCUT2D eigenvalue weighted by Crippen LogP contribution is 2.16. The zero-order valence-electron chi connectivity index (χ0n) is 8.62. The molecule has 0 unspecified atom stereocenters. The Bertz CT molecular complexity index is 319. The molecule has 6 heteroatoms. The zero-order valence-corrected chi connectivity index (χ0v) is 10.2. The molecule has 0 rings (SSSR count). The van der Waals surface area contributed by atoms with Gasteiger partial charge in [-0.25, -0.2) is 8.42 Å². The fourth-order valence-electron chi connectivity index (χ4n) is 0.792. The molecular formula is C8H15ClN2O2S. The summed E-state index contributed by atoms with van der Waals surface area (Å²) >= 11 is 5.41. The number of hydrogen-bond acceptors (Lipinski definition) is 3. The van der Waals surface area contributed by atoms with Gasteiger partial charge in [0.15, 0.2) is 0 Å². The molecule has 0 spiro atoms. The molecule has 0 saturated carbocycles. The van der Waals surface area contributed by atoms with Crippen molar-refractivity contribution >= 4 is 21.6 Å². The summed E-state index contributed by atoms with van der Waals surface area (Å²) in [6.07, 6.45) is 0.399. The van der Waals surface area contributed by atoms with Gasteiger partial charge in [0, 0.05) is 12.9 Å². The van der Waals surface area contributed by atoms with Crippen LogP contribution in [0.15, 0.2) is 0 Å². The van der Waals surface area contributed by atoms with Crippen molar-refractivity contribution in [1.29, 1.82) is 5.26 Å². The smallest absolute Gasteiger partial charge is 0.212 e. The third-order valence-electron chi connectivity index (χ3n) is 2.01. The van der Waals surface area contributed by atoms with E-state index in [9.17, 15) is 8.42 Å². The number of rotatable bonds is 5. The molecule has 82 valence electrons. The summed E-state index contributed by atoms with van der Waals surface area (Å²) in [4.78, 5) is 0. The highest BCUT2D eigenvalue weighted by Gasteiger charge is 2.32. The largest absolute Gasteiger partial charge is 0.215 e. The van der Waals surface area contributed by atoms with E-state index in [4.69, 9.17) is 16.9 Å². The van der Waals surface area contributed by atoms with E-state index in [1.54, 1.807) is 13.8 Å². The van der Waals surface area contributed by atoms with E-state index in [1.165, 1.54) is 7.05 Å². The van der Waals surface area contributed by atoms with Gasteiger partial charge >= 0.3 is 0 Å². The summed E-state index contributed by atoms with van der Waals surface area (Å²) < 4.78 is 24.3. The fraction of sp³-hybridized carbons (Fsp3) is 0.875. The molecule has 0 N–H and O–H groups in total. The number of alkyl halides is 1. The van der Waals surface area contributed by atoms with Crippen LogP contribution in [0, 0.1) is 11.3 Å². The minimum Gasteiger partial charge on any atom is -0.212 e. The van der Waals surface area contributed by atoms with Gasteiger partial charge in [0.2, 0.25) is 10.0 Å². The second-order valence-electron chi connectivity index (χ2n) is 3.50. The normalized spacial score (nSPS) is 12.9. The van der Waals surface area contributed by atoms with Crippen LogP contribution in [0.4, 0.5) is 0 Å². The molecule has 0 aromatic heterocycles. The number of halogens is 1. The standard InChI is InChI=1S/C8H15ClN2O2S/c1-8(2,7-10)11(3)14(12,13)6-4-5-9/h4-6H2,1-3H3. The molecule has 0 aromatic rings. The van der Waals surface area contributed by atoms with Crippen LogP contribution in [0.3, 0.4) is 0 Å². The Balaban J connectivity index is 4.70. The Labute approximate surface area is 90.5 Å². The van der Waals surface area contributed by atoms with E-state index in [-0.39, 0.29) is 5.75 Å². The lowest BCUT2D eigenvalue weighted by atomic mass is 10.1. The van der Waals surface area contributed by atoms with Crippen molar-refractivity contribution < 1.29 is 8.42 Å². The first kappa shape index (κ1) is 13.7. The molecule has 0 atom stereocenters. The molecule has 0 bridgehead atoms. The number of nitriles is 1. The lowest BCUT2D eigenvalue weighted by Crippen LogP contribution is -2.44. The number of nitrogens with zero attached hydrogens (tertiary/aromatic N) is 2. The third kappa shape index (κ3) is 3.45.